The molecule has 0 bridgehead atoms. The molecule has 0 fully saturated rings. The van der Waals surface area contributed by atoms with Crippen molar-refractivity contribution in [2.75, 3.05) is 16.2 Å². The van der Waals surface area contributed by atoms with Crippen LogP contribution in [0.4, 0.5) is 11.4 Å². The van der Waals surface area contributed by atoms with E-state index >= 15 is 0 Å². The van der Waals surface area contributed by atoms with Gasteiger partial charge in [-0.25, -0.2) is 8.42 Å². The smallest absolute Gasteiger partial charge is 0.264 e. The summed E-state index contributed by atoms with van der Waals surface area (Å²) in [6.45, 7) is 7.36. The minimum atomic E-state index is -4.01. The van der Waals surface area contributed by atoms with Crippen LogP contribution in [0.1, 0.15) is 36.5 Å². The number of nitrogens with zero attached hydrogens (tertiary/aromatic N) is 1. The SMILES string of the molecule is Cc1ccc(S(=O)(=O)N(CC(=O)Nc2ccccc2C(C)C)c2cc(Cl)ccc2C)cc1. The highest BCUT2D eigenvalue weighted by atomic mass is 35.5. The summed E-state index contributed by atoms with van der Waals surface area (Å²) in [5.74, 6) is -0.234. The molecule has 32 heavy (non-hydrogen) atoms. The van der Waals surface area contributed by atoms with Crippen LogP contribution < -0.4 is 9.62 Å². The fourth-order valence-corrected chi connectivity index (χ4v) is 5.07. The van der Waals surface area contributed by atoms with Gasteiger partial charge in [-0.15, -0.1) is 0 Å². The molecule has 0 aliphatic rings. The van der Waals surface area contributed by atoms with Gasteiger partial charge in [0.2, 0.25) is 5.91 Å². The molecular weight excluding hydrogens is 444 g/mol. The quantitative estimate of drug-likeness (QED) is 0.466. The van der Waals surface area contributed by atoms with E-state index in [0.717, 1.165) is 15.4 Å². The highest BCUT2D eigenvalue weighted by Crippen LogP contribution is 2.30. The molecule has 5 nitrogen and oxygen atoms in total. The van der Waals surface area contributed by atoms with E-state index in [4.69, 9.17) is 11.6 Å². The van der Waals surface area contributed by atoms with Crippen LogP contribution in [-0.2, 0) is 14.8 Å². The second-order valence-corrected chi connectivity index (χ2v) is 10.3. The minimum absolute atomic E-state index is 0.109. The first-order valence-corrected chi connectivity index (χ1v) is 12.2. The van der Waals surface area contributed by atoms with Crippen molar-refractivity contribution in [1.82, 2.24) is 0 Å². The van der Waals surface area contributed by atoms with Gasteiger partial charge in [0.25, 0.3) is 10.0 Å². The zero-order chi connectivity index (χ0) is 23.5. The number of rotatable bonds is 7. The highest BCUT2D eigenvalue weighted by molar-refractivity contribution is 7.92. The lowest BCUT2D eigenvalue weighted by Crippen LogP contribution is -2.38. The number of halogens is 1. The summed E-state index contributed by atoms with van der Waals surface area (Å²) in [5, 5.41) is 3.27. The summed E-state index contributed by atoms with van der Waals surface area (Å²) < 4.78 is 28.3. The van der Waals surface area contributed by atoms with Gasteiger partial charge in [0.15, 0.2) is 0 Å². The van der Waals surface area contributed by atoms with Crippen molar-refractivity contribution in [3.05, 3.63) is 88.4 Å². The first-order chi connectivity index (χ1) is 15.1. The third-order valence-electron chi connectivity index (χ3n) is 5.19. The van der Waals surface area contributed by atoms with E-state index < -0.39 is 15.9 Å². The molecule has 1 N–H and O–H groups in total. The first kappa shape index (κ1) is 23.8. The van der Waals surface area contributed by atoms with E-state index in [-0.39, 0.29) is 17.4 Å². The Bertz CT molecular complexity index is 1220. The average molecular weight is 471 g/mol. The van der Waals surface area contributed by atoms with Crippen LogP contribution in [0, 0.1) is 13.8 Å². The fourth-order valence-electron chi connectivity index (χ4n) is 3.42. The van der Waals surface area contributed by atoms with Gasteiger partial charge in [-0.1, -0.05) is 67.4 Å². The van der Waals surface area contributed by atoms with Crippen molar-refractivity contribution in [3.63, 3.8) is 0 Å². The third kappa shape index (κ3) is 5.31. The monoisotopic (exact) mass is 470 g/mol. The van der Waals surface area contributed by atoms with Gasteiger partial charge in [0, 0.05) is 10.7 Å². The molecule has 0 spiro atoms. The summed E-state index contributed by atoms with van der Waals surface area (Å²) >= 11 is 6.18. The first-order valence-electron chi connectivity index (χ1n) is 10.3. The maximum absolute atomic E-state index is 13.6. The number of benzene rings is 3. The Morgan fingerprint density at radius 1 is 1.00 bits per heavy atom. The van der Waals surface area contributed by atoms with Crippen LogP contribution in [-0.4, -0.2) is 20.9 Å². The second-order valence-electron chi connectivity index (χ2n) is 8.05. The average Bonchev–Trinajstić information content (AvgIpc) is 2.74. The molecule has 3 aromatic carbocycles. The topological polar surface area (TPSA) is 66.5 Å². The van der Waals surface area contributed by atoms with Crippen molar-refractivity contribution < 1.29 is 13.2 Å². The van der Waals surface area contributed by atoms with Crippen molar-refractivity contribution >= 4 is 38.9 Å². The number of aryl methyl sites for hydroxylation is 2. The fraction of sp³-hybridized carbons (Fsp3) is 0.240. The van der Waals surface area contributed by atoms with E-state index in [1.165, 1.54) is 0 Å². The molecule has 3 rings (SSSR count). The molecule has 0 heterocycles. The number of sulfonamides is 1. The van der Waals surface area contributed by atoms with E-state index in [9.17, 15) is 13.2 Å². The Morgan fingerprint density at radius 3 is 2.31 bits per heavy atom. The van der Waals surface area contributed by atoms with E-state index in [1.54, 1.807) is 49.4 Å². The predicted molar refractivity (Wildman–Crippen MR) is 131 cm³/mol. The maximum atomic E-state index is 13.6. The largest absolute Gasteiger partial charge is 0.324 e. The van der Waals surface area contributed by atoms with E-state index in [2.05, 4.69) is 5.32 Å². The van der Waals surface area contributed by atoms with Crippen molar-refractivity contribution in [2.24, 2.45) is 0 Å². The molecule has 0 aromatic heterocycles. The molecule has 0 saturated heterocycles. The number of para-hydroxylation sites is 1. The molecule has 0 radical (unpaired) electrons. The number of hydrogen-bond acceptors (Lipinski definition) is 3. The lowest BCUT2D eigenvalue weighted by atomic mass is 10.0. The zero-order valence-electron chi connectivity index (χ0n) is 18.6. The molecule has 0 atom stereocenters. The number of hydrogen-bond donors (Lipinski definition) is 1. The normalized spacial score (nSPS) is 11.4. The van der Waals surface area contributed by atoms with Crippen LogP contribution in [0.15, 0.2) is 71.6 Å². The number of carbonyl (C=O) groups excluding carboxylic acids is 1. The maximum Gasteiger partial charge on any atom is 0.264 e. The lowest BCUT2D eigenvalue weighted by molar-refractivity contribution is -0.114. The van der Waals surface area contributed by atoms with Crippen LogP contribution in [0.2, 0.25) is 5.02 Å². The van der Waals surface area contributed by atoms with Gasteiger partial charge in [-0.2, -0.15) is 0 Å². The Morgan fingerprint density at radius 2 is 1.66 bits per heavy atom. The van der Waals surface area contributed by atoms with Gasteiger partial charge in [0.05, 0.1) is 10.6 Å². The molecule has 0 saturated carbocycles. The molecule has 168 valence electrons. The van der Waals surface area contributed by atoms with Crippen molar-refractivity contribution in [2.45, 2.75) is 38.5 Å². The Kier molecular flexibility index (Phi) is 7.26. The van der Waals surface area contributed by atoms with Gasteiger partial charge >= 0.3 is 0 Å². The molecule has 0 aliphatic heterocycles. The number of anilines is 2. The summed E-state index contributed by atoms with van der Waals surface area (Å²) in [7, 11) is -4.01. The summed E-state index contributed by atoms with van der Waals surface area (Å²) in [6.07, 6.45) is 0. The van der Waals surface area contributed by atoms with Crippen molar-refractivity contribution in [3.8, 4) is 0 Å². The molecule has 0 unspecified atom stereocenters. The third-order valence-corrected chi connectivity index (χ3v) is 7.20. The van der Waals surface area contributed by atoms with Gasteiger partial charge < -0.3 is 5.32 Å². The minimum Gasteiger partial charge on any atom is -0.324 e. The summed E-state index contributed by atoms with van der Waals surface area (Å²) in [4.78, 5) is 13.2. The number of nitrogens with one attached hydrogen (secondary N) is 1. The Labute approximate surface area is 195 Å². The van der Waals surface area contributed by atoms with Crippen LogP contribution in [0.3, 0.4) is 0 Å². The number of amides is 1. The van der Waals surface area contributed by atoms with E-state index in [0.29, 0.717) is 22.0 Å². The van der Waals surface area contributed by atoms with Crippen molar-refractivity contribution in [1.29, 1.82) is 0 Å². The van der Waals surface area contributed by atoms with E-state index in [1.807, 2.05) is 45.0 Å². The van der Waals surface area contributed by atoms with Crippen LogP contribution >= 0.6 is 11.6 Å². The van der Waals surface area contributed by atoms with Crippen LogP contribution in [0.5, 0.6) is 0 Å². The molecule has 7 heteroatoms. The number of carbonyl (C=O) groups is 1. The van der Waals surface area contributed by atoms with Gasteiger partial charge in [-0.05, 0) is 61.2 Å². The molecule has 1 amide bonds. The lowest BCUT2D eigenvalue weighted by Gasteiger charge is -2.26. The summed E-state index contributed by atoms with van der Waals surface area (Å²) in [5.41, 5.74) is 3.65. The second kappa shape index (κ2) is 9.76. The van der Waals surface area contributed by atoms with Gasteiger partial charge in [0.1, 0.15) is 6.54 Å². The van der Waals surface area contributed by atoms with Gasteiger partial charge in [-0.3, -0.25) is 9.10 Å². The Hall–Kier alpha value is -2.83. The zero-order valence-corrected chi connectivity index (χ0v) is 20.2. The van der Waals surface area contributed by atoms with Crippen LogP contribution in [0.25, 0.3) is 0 Å². The standard InChI is InChI=1S/C25H27ClN2O3S/c1-17(2)22-7-5-6-8-23(22)27-25(29)16-28(24-15-20(26)12-11-19(24)4)32(30,31)21-13-9-18(3)10-14-21/h5-15,17H,16H2,1-4H3,(H,27,29). The molecule has 3 aromatic rings. The predicted octanol–water partition coefficient (Wildman–Crippen LogP) is 5.91. The summed E-state index contributed by atoms with van der Waals surface area (Å²) in [6, 6.07) is 19.1. The Balaban J connectivity index is 2.01. The highest BCUT2D eigenvalue weighted by Gasteiger charge is 2.28. The molecular formula is C25H27ClN2O3S. The molecule has 0 aliphatic carbocycles.